The van der Waals surface area contributed by atoms with E-state index in [9.17, 15) is 26.4 Å². The van der Waals surface area contributed by atoms with Crippen LogP contribution in [0.3, 0.4) is 0 Å². The fourth-order valence-corrected chi connectivity index (χ4v) is 3.00. The number of benzene rings is 2. The fraction of sp³-hybridized carbons (Fsp3) is 0.0625. The second-order valence-electron chi connectivity index (χ2n) is 4.70. The van der Waals surface area contributed by atoms with Crippen LogP contribution < -0.4 is 0 Å². The van der Waals surface area contributed by atoms with E-state index >= 15 is 0 Å². The average molecular weight is 419 g/mol. The van der Waals surface area contributed by atoms with Gasteiger partial charge in [-0.15, -0.1) is 0 Å². The van der Waals surface area contributed by atoms with E-state index in [1.807, 2.05) is 0 Å². The zero-order valence-corrected chi connectivity index (χ0v) is 14.3. The van der Waals surface area contributed by atoms with Gasteiger partial charge in [-0.05, 0) is 23.8 Å². The third-order valence-corrected chi connectivity index (χ3v) is 5.04. The maximum absolute atomic E-state index is 12.9. The predicted octanol–water partition coefficient (Wildman–Crippen LogP) is 4.61. The van der Waals surface area contributed by atoms with Crippen molar-refractivity contribution < 1.29 is 26.4 Å². The second kappa shape index (κ2) is 6.90. The van der Waals surface area contributed by atoms with Crippen molar-refractivity contribution in [3.63, 3.8) is 0 Å². The molecular formula is C16H10BrF3O3S. The smallest absolute Gasteiger partial charge is 0.288 e. The molecule has 0 N–H and O–H groups in total. The molecule has 8 heteroatoms. The van der Waals surface area contributed by atoms with E-state index in [1.165, 1.54) is 48.5 Å². The summed E-state index contributed by atoms with van der Waals surface area (Å²) in [4.78, 5) is 11.0. The minimum absolute atomic E-state index is 0.145. The monoisotopic (exact) mass is 418 g/mol. The highest BCUT2D eigenvalue weighted by atomic mass is 79.9. The first kappa shape index (κ1) is 18.4. The molecular weight excluding hydrogens is 409 g/mol. The van der Waals surface area contributed by atoms with Crippen LogP contribution in [0, 0.1) is 0 Å². The van der Waals surface area contributed by atoms with Crippen LogP contribution in [0.1, 0.15) is 15.9 Å². The first-order valence-electron chi connectivity index (χ1n) is 6.51. The summed E-state index contributed by atoms with van der Waals surface area (Å²) >= 11 is 3.16. The zero-order chi connectivity index (χ0) is 18.0. The predicted molar refractivity (Wildman–Crippen MR) is 87.9 cm³/mol. The maximum atomic E-state index is 12.9. The van der Waals surface area contributed by atoms with E-state index < -0.39 is 26.0 Å². The normalized spacial score (nSPS) is 12.9. The lowest BCUT2D eigenvalue weighted by atomic mass is 10.1. The van der Waals surface area contributed by atoms with Gasteiger partial charge < -0.3 is 0 Å². The molecule has 0 aliphatic carbocycles. The molecule has 2 aromatic carbocycles. The minimum Gasteiger partial charge on any atom is -0.288 e. The maximum Gasteiger partial charge on any atom is 0.502 e. The van der Waals surface area contributed by atoms with Gasteiger partial charge >= 0.3 is 5.51 Å². The minimum atomic E-state index is -5.79. The van der Waals surface area contributed by atoms with Gasteiger partial charge in [0.25, 0.3) is 9.84 Å². The molecule has 0 atom stereocenters. The number of carbonyl (C=O) groups excluding carboxylic acids is 1. The van der Waals surface area contributed by atoms with Crippen molar-refractivity contribution in [2.24, 2.45) is 0 Å². The molecule has 0 aliphatic heterocycles. The number of allylic oxidation sites excluding steroid dienone is 1. The molecule has 126 valence electrons. The molecule has 0 heterocycles. The zero-order valence-electron chi connectivity index (χ0n) is 11.9. The number of sulfone groups is 1. The topological polar surface area (TPSA) is 51.2 Å². The first-order chi connectivity index (χ1) is 11.1. The van der Waals surface area contributed by atoms with Crippen LogP contribution in [0.2, 0.25) is 0 Å². The molecule has 24 heavy (non-hydrogen) atoms. The third-order valence-electron chi connectivity index (χ3n) is 3.02. The van der Waals surface area contributed by atoms with Gasteiger partial charge in [-0.1, -0.05) is 58.4 Å². The molecule has 3 nitrogen and oxygen atoms in total. The van der Waals surface area contributed by atoms with Gasteiger partial charge in [0.2, 0.25) is 5.78 Å². The highest BCUT2D eigenvalue weighted by molar-refractivity contribution is 9.10. The van der Waals surface area contributed by atoms with Gasteiger partial charge in [0.1, 0.15) is 4.91 Å². The molecule has 0 aliphatic rings. The number of carbonyl (C=O) groups is 1. The lowest BCUT2D eigenvalue weighted by Gasteiger charge is -2.11. The lowest BCUT2D eigenvalue weighted by molar-refractivity contribution is -0.0426. The molecule has 0 spiro atoms. The molecule has 0 saturated carbocycles. The standard InChI is InChI=1S/C16H10BrF3O3S/c17-13-8-6-11(7-9-13)10-14(24(22,23)16(18,19)20)15(21)12-4-2-1-3-5-12/h1-10H/b14-10-. The summed E-state index contributed by atoms with van der Waals surface area (Å²) in [6.45, 7) is 0. The van der Waals surface area contributed by atoms with Crippen LogP contribution in [0.4, 0.5) is 13.2 Å². The Morgan fingerprint density at radius 3 is 2.00 bits per heavy atom. The molecule has 2 rings (SSSR count). The highest BCUT2D eigenvalue weighted by Gasteiger charge is 2.50. The molecule has 0 fully saturated rings. The van der Waals surface area contributed by atoms with Crippen molar-refractivity contribution in [2.45, 2.75) is 5.51 Å². The number of rotatable bonds is 4. The van der Waals surface area contributed by atoms with Crippen LogP contribution in [-0.2, 0) is 9.84 Å². The van der Waals surface area contributed by atoms with E-state index in [4.69, 9.17) is 0 Å². The van der Waals surface area contributed by atoms with Crippen LogP contribution in [0.15, 0.2) is 64.0 Å². The summed E-state index contributed by atoms with van der Waals surface area (Å²) in [5.74, 6) is -1.21. The summed E-state index contributed by atoms with van der Waals surface area (Å²) in [5.41, 5.74) is -5.56. The van der Waals surface area contributed by atoms with Gasteiger partial charge in [-0.25, -0.2) is 8.42 Å². The third kappa shape index (κ3) is 3.93. The number of hydrogen-bond acceptors (Lipinski definition) is 3. The van der Waals surface area contributed by atoms with Crippen molar-refractivity contribution in [1.29, 1.82) is 0 Å². The van der Waals surface area contributed by atoms with Gasteiger partial charge in [0.05, 0.1) is 0 Å². The lowest BCUT2D eigenvalue weighted by Crippen LogP contribution is -2.28. The molecule has 0 saturated heterocycles. The molecule has 0 aromatic heterocycles. The second-order valence-corrected chi connectivity index (χ2v) is 7.53. The Hall–Kier alpha value is -1.93. The van der Waals surface area contributed by atoms with Gasteiger partial charge in [0.15, 0.2) is 0 Å². The number of ketones is 1. The summed E-state index contributed by atoms with van der Waals surface area (Å²) in [7, 11) is -5.79. The number of alkyl halides is 3. The van der Waals surface area contributed by atoms with Gasteiger partial charge in [0, 0.05) is 10.0 Å². The van der Waals surface area contributed by atoms with Crippen molar-refractivity contribution >= 4 is 37.6 Å². The Bertz CT molecular complexity index is 871. The summed E-state index contributed by atoms with van der Waals surface area (Å²) in [5, 5.41) is 0. The Kier molecular flexibility index (Phi) is 5.29. The molecule has 2 aromatic rings. The summed E-state index contributed by atoms with van der Waals surface area (Å²) in [6, 6.07) is 12.8. The van der Waals surface area contributed by atoms with Crippen LogP contribution in [0.5, 0.6) is 0 Å². The Labute approximate surface area is 144 Å². The SMILES string of the molecule is O=C(/C(=C/c1ccc(Br)cc1)S(=O)(=O)C(F)(F)F)c1ccccc1. The van der Waals surface area contributed by atoms with Gasteiger partial charge in [-0.3, -0.25) is 4.79 Å². The van der Waals surface area contributed by atoms with E-state index in [0.717, 1.165) is 6.08 Å². The number of Topliss-reactive ketones (excluding diaryl/α,β-unsaturated/α-hetero) is 1. The van der Waals surface area contributed by atoms with Crippen molar-refractivity contribution in [2.75, 3.05) is 0 Å². The van der Waals surface area contributed by atoms with E-state index in [2.05, 4.69) is 15.9 Å². The van der Waals surface area contributed by atoms with Crippen molar-refractivity contribution in [3.8, 4) is 0 Å². The Balaban J connectivity index is 2.62. The number of halogens is 4. The fourth-order valence-electron chi connectivity index (χ4n) is 1.83. The highest BCUT2D eigenvalue weighted by Crippen LogP contribution is 2.32. The van der Waals surface area contributed by atoms with Crippen molar-refractivity contribution in [1.82, 2.24) is 0 Å². The number of hydrogen-bond donors (Lipinski definition) is 0. The van der Waals surface area contributed by atoms with Crippen molar-refractivity contribution in [3.05, 3.63) is 75.1 Å². The quantitative estimate of drug-likeness (QED) is 0.538. The van der Waals surface area contributed by atoms with E-state index in [-0.39, 0.29) is 11.1 Å². The summed E-state index contributed by atoms with van der Waals surface area (Å²) in [6.07, 6.45) is 0.727. The Morgan fingerprint density at radius 1 is 0.958 bits per heavy atom. The van der Waals surface area contributed by atoms with Crippen LogP contribution in [-0.4, -0.2) is 19.7 Å². The van der Waals surface area contributed by atoms with Crippen LogP contribution >= 0.6 is 15.9 Å². The largest absolute Gasteiger partial charge is 0.502 e. The molecule has 0 unspecified atom stereocenters. The average Bonchev–Trinajstić information content (AvgIpc) is 2.53. The molecule has 0 bridgehead atoms. The Morgan fingerprint density at radius 2 is 1.50 bits per heavy atom. The molecule has 0 amide bonds. The van der Waals surface area contributed by atoms with Crippen LogP contribution in [0.25, 0.3) is 6.08 Å². The molecule has 0 radical (unpaired) electrons. The van der Waals surface area contributed by atoms with E-state index in [1.54, 1.807) is 6.07 Å². The van der Waals surface area contributed by atoms with E-state index in [0.29, 0.717) is 4.47 Å². The summed E-state index contributed by atoms with van der Waals surface area (Å²) < 4.78 is 63.1. The van der Waals surface area contributed by atoms with Gasteiger partial charge in [-0.2, -0.15) is 13.2 Å². The first-order valence-corrected chi connectivity index (χ1v) is 8.79.